The first kappa shape index (κ1) is 14.7. The number of hydrogen-bond acceptors (Lipinski definition) is 4. The number of ether oxygens (including phenoxy) is 2. The Balaban J connectivity index is 2.79. The van der Waals surface area contributed by atoms with E-state index in [1.807, 2.05) is 0 Å². The maximum atomic E-state index is 12.5. The van der Waals surface area contributed by atoms with Gasteiger partial charge in [-0.3, -0.25) is 0 Å². The summed E-state index contributed by atoms with van der Waals surface area (Å²) in [6.07, 6.45) is -3.92. The molecule has 0 aliphatic rings. The third-order valence-electron chi connectivity index (χ3n) is 2.18. The van der Waals surface area contributed by atoms with Crippen molar-refractivity contribution in [3.8, 4) is 5.88 Å². The molecule has 4 nitrogen and oxygen atoms in total. The standard InChI is InChI=1S/C11H15F3N2O2/c1-17-5-2-6-18-10-8(7-15)3-4-9(16-10)11(12,13)14/h3-4H,2,5-7,15H2,1H3. The number of nitrogens with two attached hydrogens (primary N) is 1. The number of rotatable bonds is 6. The van der Waals surface area contributed by atoms with Crippen LogP contribution in [0.25, 0.3) is 0 Å². The molecule has 0 aliphatic carbocycles. The molecule has 1 aromatic heterocycles. The van der Waals surface area contributed by atoms with Crippen LogP contribution >= 0.6 is 0 Å². The van der Waals surface area contributed by atoms with Gasteiger partial charge in [-0.25, -0.2) is 4.98 Å². The minimum Gasteiger partial charge on any atom is -0.477 e. The Morgan fingerprint density at radius 1 is 1.28 bits per heavy atom. The first-order valence-corrected chi connectivity index (χ1v) is 5.38. The van der Waals surface area contributed by atoms with E-state index in [4.69, 9.17) is 15.2 Å². The van der Waals surface area contributed by atoms with E-state index >= 15 is 0 Å². The predicted octanol–water partition coefficient (Wildman–Crippen LogP) is 1.97. The molecular weight excluding hydrogens is 249 g/mol. The Labute approximate surface area is 103 Å². The zero-order valence-corrected chi connectivity index (χ0v) is 9.96. The van der Waals surface area contributed by atoms with Crippen molar-refractivity contribution < 1.29 is 22.6 Å². The summed E-state index contributed by atoms with van der Waals surface area (Å²) in [5.41, 5.74) is 4.87. The minimum absolute atomic E-state index is 0.0663. The number of methoxy groups -OCH3 is 1. The van der Waals surface area contributed by atoms with Gasteiger partial charge in [0.1, 0.15) is 5.69 Å². The highest BCUT2D eigenvalue weighted by Crippen LogP contribution is 2.30. The molecule has 102 valence electrons. The molecule has 1 rings (SSSR count). The van der Waals surface area contributed by atoms with Gasteiger partial charge in [-0.1, -0.05) is 6.07 Å². The van der Waals surface area contributed by atoms with Crippen LogP contribution in [0.1, 0.15) is 17.7 Å². The summed E-state index contributed by atoms with van der Waals surface area (Å²) < 4.78 is 47.4. The Hall–Kier alpha value is -1.34. The van der Waals surface area contributed by atoms with Crippen LogP contribution in [0.2, 0.25) is 0 Å². The topological polar surface area (TPSA) is 57.4 Å². The highest BCUT2D eigenvalue weighted by Gasteiger charge is 2.33. The van der Waals surface area contributed by atoms with Crippen LogP contribution in [0, 0.1) is 0 Å². The van der Waals surface area contributed by atoms with Crippen molar-refractivity contribution in [2.75, 3.05) is 20.3 Å². The lowest BCUT2D eigenvalue weighted by atomic mass is 10.2. The third kappa shape index (κ3) is 4.15. The van der Waals surface area contributed by atoms with E-state index in [2.05, 4.69) is 4.98 Å². The zero-order valence-electron chi connectivity index (χ0n) is 9.96. The molecule has 0 atom stereocenters. The molecule has 0 fully saturated rings. The fourth-order valence-electron chi connectivity index (χ4n) is 1.28. The molecule has 1 aromatic rings. The molecule has 7 heteroatoms. The zero-order chi connectivity index (χ0) is 13.6. The number of halogens is 3. The Morgan fingerprint density at radius 2 is 2.00 bits per heavy atom. The van der Waals surface area contributed by atoms with Crippen LogP contribution in [-0.2, 0) is 17.5 Å². The summed E-state index contributed by atoms with van der Waals surface area (Å²) in [4.78, 5) is 3.44. The summed E-state index contributed by atoms with van der Waals surface area (Å²) in [6.45, 7) is 0.775. The second-order valence-electron chi connectivity index (χ2n) is 3.56. The Kier molecular flexibility index (Phi) is 5.36. The van der Waals surface area contributed by atoms with Crippen molar-refractivity contribution in [3.63, 3.8) is 0 Å². The van der Waals surface area contributed by atoms with Crippen LogP contribution in [0.15, 0.2) is 12.1 Å². The highest BCUT2D eigenvalue weighted by molar-refractivity contribution is 5.29. The summed E-state index contributed by atoms with van der Waals surface area (Å²) in [6, 6.07) is 2.17. The molecule has 0 saturated heterocycles. The second kappa shape index (κ2) is 6.55. The second-order valence-corrected chi connectivity index (χ2v) is 3.56. The van der Waals surface area contributed by atoms with Crippen molar-refractivity contribution >= 4 is 0 Å². The van der Waals surface area contributed by atoms with E-state index in [1.165, 1.54) is 13.2 Å². The van der Waals surface area contributed by atoms with Gasteiger partial charge in [0.05, 0.1) is 6.61 Å². The maximum Gasteiger partial charge on any atom is 0.433 e. The van der Waals surface area contributed by atoms with E-state index in [1.54, 1.807) is 0 Å². The Bertz CT molecular complexity index is 383. The van der Waals surface area contributed by atoms with Crippen LogP contribution in [0.4, 0.5) is 13.2 Å². The fourth-order valence-corrected chi connectivity index (χ4v) is 1.28. The van der Waals surface area contributed by atoms with Gasteiger partial charge in [-0.15, -0.1) is 0 Å². The van der Waals surface area contributed by atoms with Crippen molar-refractivity contribution in [2.45, 2.75) is 19.1 Å². The largest absolute Gasteiger partial charge is 0.477 e. The van der Waals surface area contributed by atoms with Crippen LogP contribution in [0.3, 0.4) is 0 Å². The molecule has 0 spiro atoms. The first-order valence-electron chi connectivity index (χ1n) is 5.38. The molecule has 2 N–H and O–H groups in total. The molecule has 0 radical (unpaired) electrons. The molecule has 0 aliphatic heterocycles. The molecular formula is C11H15F3N2O2. The quantitative estimate of drug-likeness (QED) is 0.798. The van der Waals surface area contributed by atoms with Crippen LogP contribution in [-0.4, -0.2) is 25.3 Å². The molecule has 0 aromatic carbocycles. The lowest BCUT2D eigenvalue weighted by Gasteiger charge is -2.12. The highest BCUT2D eigenvalue weighted by atomic mass is 19.4. The predicted molar refractivity (Wildman–Crippen MR) is 59.1 cm³/mol. The smallest absolute Gasteiger partial charge is 0.433 e. The lowest BCUT2D eigenvalue weighted by molar-refractivity contribution is -0.141. The normalized spacial score (nSPS) is 11.6. The lowest BCUT2D eigenvalue weighted by Crippen LogP contribution is -2.12. The average Bonchev–Trinajstić information content (AvgIpc) is 2.33. The molecule has 1 heterocycles. The minimum atomic E-state index is -4.49. The van der Waals surface area contributed by atoms with Gasteiger partial charge in [-0.05, 0) is 6.07 Å². The summed E-state index contributed by atoms with van der Waals surface area (Å²) in [5, 5.41) is 0. The van der Waals surface area contributed by atoms with E-state index in [-0.39, 0.29) is 19.0 Å². The van der Waals surface area contributed by atoms with Crippen molar-refractivity contribution in [3.05, 3.63) is 23.4 Å². The van der Waals surface area contributed by atoms with Crippen molar-refractivity contribution in [1.29, 1.82) is 0 Å². The number of alkyl halides is 3. The molecule has 18 heavy (non-hydrogen) atoms. The van der Waals surface area contributed by atoms with Gasteiger partial charge in [0.25, 0.3) is 0 Å². The number of nitrogens with zero attached hydrogens (tertiary/aromatic N) is 1. The number of pyridine rings is 1. The third-order valence-corrected chi connectivity index (χ3v) is 2.18. The van der Waals surface area contributed by atoms with Crippen molar-refractivity contribution in [1.82, 2.24) is 4.98 Å². The molecule has 0 bridgehead atoms. The first-order chi connectivity index (χ1) is 8.49. The number of aromatic nitrogens is 1. The van der Waals surface area contributed by atoms with Crippen molar-refractivity contribution in [2.24, 2.45) is 5.73 Å². The molecule has 0 unspecified atom stereocenters. The van der Waals surface area contributed by atoms with E-state index in [0.29, 0.717) is 18.6 Å². The molecule has 0 saturated carbocycles. The van der Waals surface area contributed by atoms with Gasteiger partial charge < -0.3 is 15.2 Å². The monoisotopic (exact) mass is 264 g/mol. The van der Waals surface area contributed by atoms with Gasteiger partial charge in [0, 0.05) is 32.2 Å². The summed E-state index contributed by atoms with van der Waals surface area (Å²) >= 11 is 0. The van der Waals surface area contributed by atoms with E-state index in [9.17, 15) is 13.2 Å². The van der Waals surface area contributed by atoms with E-state index in [0.717, 1.165) is 6.07 Å². The van der Waals surface area contributed by atoms with Crippen LogP contribution in [0.5, 0.6) is 5.88 Å². The Morgan fingerprint density at radius 3 is 2.56 bits per heavy atom. The van der Waals surface area contributed by atoms with Crippen LogP contribution < -0.4 is 10.5 Å². The van der Waals surface area contributed by atoms with Gasteiger partial charge >= 0.3 is 6.18 Å². The maximum absolute atomic E-state index is 12.5. The van der Waals surface area contributed by atoms with Gasteiger partial charge in [-0.2, -0.15) is 13.2 Å². The SMILES string of the molecule is COCCCOc1nc(C(F)(F)F)ccc1CN. The van der Waals surface area contributed by atoms with Gasteiger partial charge in [0.15, 0.2) is 0 Å². The molecule has 0 amide bonds. The fraction of sp³-hybridized carbons (Fsp3) is 0.545. The summed E-state index contributed by atoms with van der Waals surface area (Å²) in [7, 11) is 1.54. The van der Waals surface area contributed by atoms with E-state index < -0.39 is 11.9 Å². The average molecular weight is 264 g/mol. The summed E-state index contributed by atoms with van der Waals surface area (Å²) in [5.74, 6) is -0.0663. The number of hydrogen-bond donors (Lipinski definition) is 1. The van der Waals surface area contributed by atoms with Gasteiger partial charge in [0.2, 0.25) is 5.88 Å².